The molecular formula is C8H10O8. The van der Waals surface area contributed by atoms with Gasteiger partial charge < -0.3 is 20.4 Å². The van der Waals surface area contributed by atoms with Gasteiger partial charge in [0, 0.05) is 6.42 Å². The molecule has 0 amide bonds. The summed E-state index contributed by atoms with van der Waals surface area (Å²) in [6.45, 7) is 0. The molecule has 0 radical (unpaired) electrons. The van der Waals surface area contributed by atoms with Crippen LogP contribution in [0.4, 0.5) is 0 Å². The molecule has 0 fully saturated rings. The standard InChI is InChI=1S/C8H10O8/c9-4(10)2-1-3(6(11)12)5(7(13)14)8(15)16/h3,5H,1-2H2,(H,9,10)(H,11,12)(H,13,14)(H,15,16). The molecule has 0 saturated carbocycles. The summed E-state index contributed by atoms with van der Waals surface area (Å²) in [6, 6.07) is 0. The normalized spacial score (nSPS) is 12.1. The van der Waals surface area contributed by atoms with Crippen LogP contribution in [-0.4, -0.2) is 44.3 Å². The maximum absolute atomic E-state index is 10.6. The average Bonchev–Trinajstić information content (AvgIpc) is 2.09. The van der Waals surface area contributed by atoms with Crippen LogP contribution in [-0.2, 0) is 19.2 Å². The van der Waals surface area contributed by atoms with Crippen LogP contribution in [0.15, 0.2) is 0 Å². The molecule has 16 heavy (non-hydrogen) atoms. The summed E-state index contributed by atoms with van der Waals surface area (Å²) in [4.78, 5) is 41.9. The third kappa shape index (κ3) is 3.95. The van der Waals surface area contributed by atoms with E-state index in [1.165, 1.54) is 0 Å². The predicted octanol–water partition coefficient (Wildman–Crippen LogP) is -0.663. The van der Waals surface area contributed by atoms with Crippen molar-refractivity contribution < 1.29 is 39.6 Å². The molecule has 0 bridgehead atoms. The van der Waals surface area contributed by atoms with Gasteiger partial charge in [0.1, 0.15) is 0 Å². The Balaban J connectivity index is 4.86. The highest BCUT2D eigenvalue weighted by Crippen LogP contribution is 2.19. The zero-order valence-electron chi connectivity index (χ0n) is 7.99. The number of carboxylic acid groups (broad SMARTS) is 4. The van der Waals surface area contributed by atoms with Crippen molar-refractivity contribution in [2.45, 2.75) is 12.8 Å². The van der Waals surface area contributed by atoms with Crippen molar-refractivity contribution in [1.82, 2.24) is 0 Å². The Morgan fingerprint density at radius 1 is 0.812 bits per heavy atom. The van der Waals surface area contributed by atoms with Crippen LogP contribution >= 0.6 is 0 Å². The molecule has 4 N–H and O–H groups in total. The van der Waals surface area contributed by atoms with Gasteiger partial charge in [-0.2, -0.15) is 0 Å². The molecule has 1 unspecified atom stereocenters. The third-order valence-electron chi connectivity index (χ3n) is 1.92. The zero-order chi connectivity index (χ0) is 12.9. The molecule has 0 aromatic rings. The van der Waals surface area contributed by atoms with E-state index in [2.05, 4.69) is 0 Å². The Morgan fingerprint density at radius 2 is 1.25 bits per heavy atom. The Bertz CT molecular complexity index is 306. The molecule has 0 aliphatic heterocycles. The molecule has 0 aliphatic rings. The van der Waals surface area contributed by atoms with E-state index in [0.29, 0.717) is 0 Å². The SMILES string of the molecule is O=C(O)CCC(C(=O)O)C(C(=O)O)C(=O)O. The molecule has 0 rings (SSSR count). The van der Waals surface area contributed by atoms with Gasteiger partial charge in [-0.25, -0.2) is 0 Å². The van der Waals surface area contributed by atoms with E-state index in [1.54, 1.807) is 0 Å². The fraction of sp³-hybridized carbons (Fsp3) is 0.500. The summed E-state index contributed by atoms with van der Waals surface area (Å²) in [5.41, 5.74) is 0. The minimum absolute atomic E-state index is 0.548. The van der Waals surface area contributed by atoms with Crippen molar-refractivity contribution in [2.75, 3.05) is 0 Å². The van der Waals surface area contributed by atoms with Crippen molar-refractivity contribution in [3.63, 3.8) is 0 Å². The summed E-state index contributed by atoms with van der Waals surface area (Å²) < 4.78 is 0. The van der Waals surface area contributed by atoms with E-state index < -0.39 is 48.6 Å². The second-order valence-electron chi connectivity index (χ2n) is 3.03. The van der Waals surface area contributed by atoms with Gasteiger partial charge in [0.05, 0.1) is 5.92 Å². The van der Waals surface area contributed by atoms with Crippen LogP contribution in [0, 0.1) is 11.8 Å². The van der Waals surface area contributed by atoms with Crippen LogP contribution in [0.25, 0.3) is 0 Å². The first kappa shape index (κ1) is 13.9. The van der Waals surface area contributed by atoms with Gasteiger partial charge in [0.15, 0.2) is 5.92 Å². The van der Waals surface area contributed by atoms with Gasteiger partial charge in [-0.1, -0.05) is 0 Å². The molecule has 0 saturated heterocycles. The van der Waals surface area contributed by atoms with Crippen LogP contribution in [0.5, 0.6) is 0 Å². The summed E-state index contributed by atoms with van der Waals surface area (Å²) in [7, 11) is 0. The molecule has 0 aliphatic carbocycles. The molecule has 0 heterocycles. The van der Waals surface area contributed by atoms with Crippen molar-refractivity contribution >= 4 is 23.9 Å². The number of rotatable bonds is 7. The first-order chi connectivity index (χ1) is 7.27. The van der Waals surface area contributed by atoms with Gasteiger partial charge in [0.25, 0.3) is 0 Å². The highest BCUT2D eigenvalue weighted by molar-refractivity contribution is 5.97. The topological polar surface area (TPSA) is 149 Å². The van der Waals surface area contributed by atoms with E-state index in [-0.39, 0.29) is 0 Å². The minimum atomic E-state index is -2.14. The van der Waals surface area contributed by atoms with Crippen molar-refractivity contribution in [1.29, 1.82) is 0 Å². The van der Waals surface area contributed by atoms with Crippen molar-refractivity contribution in [2.24, 2.45) is 11.8 Å². The lowest BCUT2D eigenvalue weighted by atomic mass is 9.88. The Morgan fingerprint density at radius 3 is 1.50 bits per heavy atom. The number of hydrogen-bond acceptors (Lipinski definition) is 4. The van der Waals surface area contributed by atoms with E-state index in [0.717, 1.165) is 0 Å². The van der Waals surface area contributed by atoms with Crippen LogP contribution in [0.3, 0.4) is 0 Å². The van der Waals surface area contributed by atoms with Gasteiger partial charge >= 0.3 is 23.9 Å². The summed E-state index contributed by atoms with van der Waals surface area (Å²) in [6.07, 6.45) is -1.15. The number of hydrogen-bond donors (Lipinski definition) is 4. The van der Waals surface area contributed by atoms with Gasteiger partial charge in [-0.15, -0.1) is 0 Å². The van der Waals surface area contributed by atoms with E-state index in [9.17, 15) is 19.2 Å². The highest BCUT2D eigenvalue weighted by Gasteiger charge is 2.39. The first-order valence-corrected chi connectivity index (χ1v) is 4.17. The van der Waals surface area contributed by atoms with Crippen LogP contribution < -0.4 is 0 Å². The first-order valence-electron chi connectivity index (χ1n) is 4.17. The monoisotopic (exact) mass is 234 g/mol. The molecule has 0 aromatic carbocycles. The largest absolute Gasteiger partial charge is 0.481 e. The van der Waals surface area contributed by atoms with Crippen molar-refractivity contribution in [3.8, 4) is 0 Å². The smallest absolute Gasteiger partial charge is 0.318 e. The Hall–Kier alpha value is -2.12. The minimum Gasteiger partial charge on any atom is -0.481 e. The predicted molar refractivity (Wildman–Crippen MR) is 46.8 cm³/mol. The average molecular weight is 234 g/mol. The second-order valence-corrected chi connectivity index (χ2v) is 3.03. The lowest BCUT2D eigenvalue weighted by molar-refractivity contribution is -0.165. The fourth-order valence-corrected chi connectivity index (χ4v) is 1.16. The lowest BCUT2D eigenvalue weighted by Gasteiger charge is -2.15. The third-order valence-corrected chi connectivity index (χ3v) is 1.92. The summed E-state index contributed by atoms with van der Waals surface area (Å²) >= 11 is 0. The maximum Gasteiger partial charge on any atom is 0.318 e. The quantitative estimate of drug-likeness (QED) is 0.424. The number of carboxylic acids is 4. The molecule has 8 nitrogen and oxygen atoms in total. The van der Waals surface area contributed by atoms with Crippen molar-refractivity contribution in [3.05, 3.63) is 0 Å². The van der Waals surface area contributed by atoms with Gasteiger partial charge in [0.2, 0.25) is 0 Å². The molecular weight excluding hydrogens is 224 g/mol. The number of carbonyl (C=O) groups is 4. The molecule has 90 valence electrons. The summed E-state index contributed by atoms with van der Waals surface area (Å²) in [5.74, 6) is -10.5. The summed E-state index contributed by atoms with van der Waals surface area (Å²) in [5, 5.41) is 34.0. The second kappa shape index (κ2) is 5.69. The molecule has 1 atom stereocenters. The van der Waals surface area contributed by atoms with E-state index >= 15 is 0 Å². The number of aliphatic carboxylic acids is 4. The molecule has 0 spiro atoms. The van der Waals surface area contributed by atoms with E-state index in [1.807, 2.05) is 0 Å². The van der Waals surface area contributed by atoms with Crippen LogP contribution in [0.1, 0.15) is 12.8 Å². The maximum atomic E-state index is 10.6. The fourth-order valence-electron chi connectivity index (χ4n) is 1.16. The lowest BCUT2D eigenvalue weighted by Crippen LogP contribution is -2.36. The molecule has 8 heteroatoms. The highest BCUT2D eigenvalue weighted by atomic mass is 16.4. The Labute approximate surface area is 89.1 Å². The zero-order valence-corrected chi connectivity index (χ0v) is 7.99. The molecule has 0 aromatic heterocycles. The van der Waals surface area contributed by atoms with E-state index in [4.69, 9.17) is 20.4 Å². The van der Waals surface area contributed by atoms with Crippen LogP contribution in [0.2, 0.25) is 0 Å². The van der Waals surface area contributed by atoms with Gasteiger partial charge in [-0.3, -0.25) is 19.2 Å². The van der Waals surface area contributed by atoms with Gasteiger partial charge in [-0.05, 0) is 6.42 Å². The Kier molecular flexibility index (Phi) is 4.93.